The molecule has 0 fully saturated rings. The summed E-state index contributed by atoms with van der Waals surface area (Å²) < 4.78 is 5.10. The van der Waals surface area contributed by atoms with Crippen LogP contribution in [0, 0.1) is 0 Å². The molecule has 0 unspecified atom stereocenters. The number of anilines is 3. The second-order valence-corrected chi connectivity index (χ2v) is 17.4. The van der Waals surface area contributed by atoms with Crippen molar-refractivity contribution in [3.05, 3.63) is 231 Å². The summed E-state index contributed by atoms with van der Waals surface area (Å²) in [5, 5.41) is 10.1. The smallest absolute Gasteiger partial charge is 0.0640 e. The van der Waals surface area contributed by atoms with Crippen molar-refractivity contribution in [1.82, 2.24) is 4.40 Å². The highest BCUT2D eigenvalue weighted by atomic mass is 32.1. The third kappa shape index (κ3) is 5.57. The van der Waals surface area contributed by atoms with Crippen LogP contribution in [0.15, 0.2) is 231 Å². The first-order chi connectivity index (χ1) is 31.3. The van der Waals surface area contributed by atoms with Gasteiger partial charge in [-0.3, -0.25) is 0 Å². The maximum absolute atomic E-state index is 2.53. The Bertz CT molecular complexity index is 3890. The molecule has 0 aliphatic rings. The fourth-order valence-electron chi connectivity index (χ4n) is 10.2. The van der Waals surface area contributed by atoms with Crippen LogP contribution in [0.2, 0.25) is 0 Å². The maximum Gasteiger partial charge on any atom is 0.0640 e. The summed E-state index contributed by atoms with van der Waals surface area (Å²) in [4.78, 5) is 2.44. The molecule has 3 heterocycles. The second-order valence-electron chi connectivity index (χ2n) is 16.4. The van der Waals surface area contributed by atoms with Gasteiger partial charge in [-0.15, -0.1) is 11.3 Å². The molecule has 0 bridgehead atoms. The summed E-state index contributed by atoms with van der Waals surface area (Å²) in [5.41, 5.74) is 14.4. The van der Waals surface area contributed by atoms with E-state index >= 15 is 0 Å². The molecule has 0 spiro atoms. The number of aromatic nitrogens is 1. The Morgan fingerprint density at radius 3 is 1.68 bits per heavy atom. The lowest BCUT2D eigenvalue weighted by atomic mass is 9.97. The molecule has 63 heavy (non-hydrogen) atoms. The predicted octanol–water partition coefficient (Wildman–Crippen LogP) is 17.4. The highest BCUT2D eigenvalue weighted by molar-refractivity contribution is 7.26. The number of para-hydroxylation sites is 2. The molecule has 13 rings (SSSR count). The van der Waals surface area contributed by atoms with E-state index in [1.807, 2.05) is 11.3 Å². The highest BCUT2D eigenvalue weighted by Gasteiger charge is 2.23. The Labute approximate surface area is 368 Å². The molecule has 0 aliphatic carbocycles. The van der Waals surface area contributed by atoms with E-state index in [2.05, 4.69) is 240 Å². The molecular weight excluding hydrogens is 781 g/mol. The number of thiophene rings is 1. The first-order valence-electron chi connectivity index (χ1n) is 21.6. The second kappa shape index (κ2) is 14.3. The van der Waals surface area contributed by atoms with Crippen LogP contribution in [0.4, 0.5) is 17.1 Å². The first kappa shape index (κ1) is 35.7. The minimum Gasteiger partial charge on any atom is -0.309 e. The molecule has 0 saturated carbocycles. The predicted molar refractivity (Wildman–Crippen MR) is 271 cm³/mol. The van der Waals surface area contributed by atoms with Crippen LogP contribution in [0.1, 0.15) is 0 Å². The Hall–Kier alpha value is -7.98. The van der Waals surface area contributed by atoms with Gasteiger partial charge in [-0.2, -0.15) is 0 Å². The van der Waals surface area contributed by atoms with E-state index in [4.69, 9.17) is 0 Å². The zero-order valence-corrected chi connectivity index (χ0v) is 35.1. The largest absolute Gasteiger partial charge is 0.309 e. The van der Waals surface area contributed by atoms with Gasteiger partial charge in [0.25, 0.3) is 0 Å². The van der Waals surface area contributed by atoms with Crippen molar-refractivity contribution in [2.24, 2.45) is 0 Å². The fourth-order valence-corrected chi connectivity index (χ4v) is 11.4. The quantitative estimate of drug-likeness (QED) is 0.152. The molecule has 10 aromatic carbocycles. The minimum absolute atomic E-state index is 1.11. The van der Waals surface area contributed by atoms with Crippen LogP contribution in [0.5, 0.6) is 0 Å². The summed E-state index contributed by atoms with van der Waals surface area (Å²) in [6, 6.07) is 84.6. The Morgan fingerprint density at radius 2 is 0.889 bits per heavy atom. The van der Waals surface area contributed by atoms with Crippen molar-refractivity contribution >= 4 is 97.4 Å². The van der Waals surface area contributed by atoms with Gasteiger partial charge >= 0.3 is 0 Å². The van der Waals surface area contributed by atoms with Gasteiger partial charge in [0.2, 0.25) is 0 Å². The average Bonchev–Trinajstić information content (AvgIpc) is 3.92. The van der Waals surface area contributed by atoms with Crippen LogP contribution in [0.3, 0.4) is 0 Å². The van der Waals surface area contributed by atoms with Crippen molar-refractivity contribution < 1.29 is 0 Å². The van der Waals surface area contributed by atoms with E-state index in [1.54, 1.807) is 0 Å². The molecule has 3 aromatic heterocycles. The number of nitrogens with zero attached hydrogens (tertiary/aromatic N) is 2. The standard InChI is InChI=1S/C60H38N2S/c1-2-16-42(17-3-1)57-53-27-13-25-47(58(53)62-54-28-10-8-21-49(54)48-20-6-7-23-51(48)59(57)62)41-33-37-44(38-34-41)61(55-29-14-26-52-50-22-9-11-30-56(50)63-60(52)55)43-35-31-40(32-36-43)46-24-12-18-39-15-4-5-19-45(39)46/h1-38H. The van der Waals surface area contributed by atoms with Crippen molar-refractivity contribution in [3.8, 4) is 33.4 Å². The van der Waals surface area contributed by atoms with Gasteiger partial charge in [0.1, 0.15) is 0 Å². The molecule has 0 saturated heterocycles. The first-order valence-corrected chi connectivity index (χ1v) is 22.4. The lowest BCUT2D eigenvalue weighted by Crippen LogP contribution is -2.10. The zero-order chi connectivity index (χ0) is 41.4. The lowest BCUT2D eigenvalue weighted by molar-refractivity contribution is 1.30. The van der Waals surface area contributed by atoms with Gasteiger partial charge in [0, 0.05) is 54.1 Å². The van der Waals surface area contributed by atoms with Crippen molar-refractivity contribution in [3.63, 3.8) is 0 Å². The number of hydrogen-bond acceptors (Lipinski definition) is 2. The molecule has 3 heteroatoms. The number of rotatable bonds is 6. The number of hydrogen-bond donors (Lipinski definition) is 0. The third-order valence-electron chi connectivity index (χ3n) is 13.0. The summed E-state index contributed by atoms with van der Waals surface area (Å²) in [7, 11) is 0. The molecule has 294 valence electrons. The van der Waals surface area contributed by atoms with Gasteiger partial charge in [0.15, 0.2) is 0 Å². The molecule has 0 aliphatic heterocycles. The SMILES string of the molecule is c1ccc(-c2c3cccc(-c4ccc(N(c5ccc(-c6cccc7ccccc67)cc5)c5cccc6c5sc5ccccc56)cc4)c3n3c4ccccc4c4ccccc4c23)cc1. The summed E-state index contributed by atoms with van der Waals surface area (Å²) in [6.45, 7) is 0. The summed E-state index contributed by atoms with van der Waals surface area (Å²) >= 11 is 1.87. The van der Waals surface area contributed by atoms with Gasteiger partial charge in [0.05, 0.1) is 26.9 Å². The van der Waals surface area contributed by atoms with E-state index in [9.17, 15) is 0 Å². The summed E-state index contributed by atoms with van der Waals surface area (Å²) in [6.07, 6.45) is 0. The molecule has 0 N–H and O–H groups in total. The third-order valence-corrected chi connectivity index (χ3v) is 14.2. The number of fused-ring (bicyclic) bond motifs is 12. The Morgan fingerprint density at radius 1 is 0.333 bits per heavy atom. The van der Waals surface area contributed by atoms with Crippen molar-refractivity contribution in [2.75, 3.05) is 4.90 Å². The van der Waals surface area contributed by atoms with Gasteiger partial charge in [-0.25, -0.2) is 0 Å². The minimum atomic E-state index is 1.11. The molecule has 0 amide bonds. The topological polar surface area (TPSA) is 7.65 Å². The lowest BCUT2D eigenvalue weighted by Gasteiger charge is -2.26. The van der Waals surface area contributed by atoms with Crippen LogP contribution < -0.4 is 4.90 Å². The molecule has 0 atom stereocenters. The van der Waals surface area contributed by atoms with Crippen molar-refractivity contribution in [2.45, 2.75) is 0 Å². The zero-order valence-electron chi connectivity index (χ0n) is 34.2. The Kier molecular flexibility index (Phi) is 8.12. The summed E-state index contributed by atoms with van der Waals surface area (Å²) in [5.74, 6) is 0. The normalized spacial score (nSPS) is 11.8. The monoisotopic (exact) mass is 818 g/mol. The maximum atomic E-state index is 2.53. The van der Waals surface area contributed by atoms with Gasteiger partial charge in [-0.05, 0) is 80.9 Å². The van der Waals surface area contributed by atoms with E-state index in [1.165, 1.54) is 108 Å². The number of benzene rings is 10. The molecule has 0 radical (unpaired) electrons. The van der Waals surface area contributed by atoms with Gasteiger partial charge < -0.3 is 9.30 Å². The van der Waals surface area contributed by atoms with Crippen LogP contribution in [0.25, 0.3) is 102 Å². The molecule has 2 nitrogen and oxygen atoms in total. The Balaban J connectivity index is 1.02. The van der Waals surface area contributed by atoms with Crippen LogP contribution in [-0.4, -0.2) is 4.40 Å². The van der Waals surface area contributed by atoms with Gasteiger partial charge in [-0.1, -0.05) is 188 Å². The molecule has 13 aromatic rings. The van der Waals surface area contributed by atoms with E-state index in [-0.39, 0.29) is 0 Å². The van der Waals surface area contributed by atoms with E-state index in [0.717, 1.165) is 11.4 Å². The van der Waals surface area contributed by atoms with Crippen LogP contribution in [-0.2, 0) is 0 Å². The fraction of sp³-hybridized carbons (Fsp3) is 0. The average molecular weight is 819 g/mol. The highest BCUT2D eigenvalue weighted by Crippen LogP contribution is 2.48. The molecular formula is C60H38N2S. The van der Waals surface area contributed by atoms with Crippen molar-refractivity contribution in [1.29, 1.82) is 0 Å². The number of pyridine rings is 1. The van der Waals surface area contributed by atoms with Crippen LogP contribution >= 0.6 is 11.3 Å². The van der Waals surface area contributed by atoms with E-state index in [0.29, 0.717) is 0 Å². The van der Waals surface area contributed by atoms with E-state index < -0.39 is 0 Å².